The zero-order valence-corrected chi connectivity index (χ0v) is 16.8. The van der Waals surface area contributed by atoms with Gasteiger partial charge in [0.25, 0.3) is 5.91 Å². The number of pyridine rings is 1. The van der Waals surface area contributed by atoms with Crippen molar-refractivity contribution in [1.82, 2.24) is 24.8 Å². The van der Waals surface area contributed by atoms with Crippen LogP contribution in [-0.2, 0) is 24.4 Å². The molecule has 3 aromatic heterocycles. The maximum Gasteiger partial charge on any atom is 0.350 e. The summed E-state index contributed by atoms with van der Waals surface area (Å²) < 4.78 is 2.36. The van der Waals surface area contributed by atoms with E-state index in [1.807, 2.05) is 47.8 Å². The molecule has 0 aliphatic carbocycles. The number of thiophene rings is 1. The molecule has 0 atom stereocenters. The van der Waals surface area contributed by atoms with Crippen molar-refractivity contribution in [3.8, 4) is 0 Å². The summed E-state index contributed by atoms with van der Waals surface area (Å²) in [5, 5.41) is 11.7. The molecular formula is C21H19N5O3S. The average Bonchev–Trinajstić information content (AvgIpc) is 3.39. The number of hydrogen-bond donors (Lipinski definition) is 2. The van der Waals surface area contributed by atoms with E-state index in [9.17, 15) is 14.4 Å². The number of nitrogens with zero attached hydrogens (tertiary/aromatic N) is 3. The van der Waals surface area contributed by atoms with Crippen LogP contribution in [0.2, 0.25) is 0 Å². The largest absolute Gasteiger partial charge is 0.350 e. The van der Waals surface area contributed by atoms with Crippen molar-refractivity contribution >= 4 is 28.8 Å². The Hall–Kier alpha value is -3.72. The van der Waals surface area contributed by atoms with Crippen molar-refractivity contribution in [2.75, 3.05) is 0 Å². The Kier molecular flexibility index (Phi) is 5.71. The van der Waals surface area contributed by atoms with Crippen LogP contribution < -0.4 is 16.3 Å². The van der Waals surface area contributed by atoms with Gasteiger partial charge in [-0.25, -0.2) is 13.9 Å². The lowest BCUT2D eigenvalue weighted by atomic mass is 10.2. The Morgan fingerprint density at radius 1 is 0.967 bits per heavy atom. The number of aromatic nitrogens is 3. The van der Waals surface area contributed by atoms with Crippen molar-refractivity contribution in [2.24, 2.45) is 0 Å². The fourth-order valence-electron chi connectivity index (χ4n) is 2.93. The predicted octanol–water partition coefficient (Wildman–Crippen LogP) is 1.80. The minimum absolute atomic E-state index is 0.193. The van der Waals surface area contributed by atoms with E-state index >= 15 is 0 Å². The number of benzene rings is 1. The molecule has 0 fully saturated rings. The molecule has 2 amide bonds. The number of amides is 2. The summed E-state index contributed by atoms with van der Waals surface area (Å²) in [6, 6.07) is 16.6. The van der Waals surface area contributed by atoms with Crippen molar-refractivity contribution in [3.63, 3.8) is 0 Å². The van der Waals surface area contributed by atoms with Crippen LogP contribution in [-0.4, -0.2) is 26.0 Å². The first-order valence-electron chi connectivity index (χ1n) is 9.30. The molecule has 0 saturated heterocycles. The average molecular weight is 421 g/mol. The van der Waals surface area contributed by atoms with Crippen LogP contribution >= 0.6 is 11.3 Å². The number of hydrogen-bond acceptors (Lipinski definition) is 5. The van der Waals surface area contributed by atoms with Crippen LogP contribution in [0.25, 0.3) is 5.65 Å². The molecule has 0 aliphatic heterocycles. The standard InChI is InChI=1S/C21H19N5O3S/c27-19(22-12-17-7-4-10-30-17)14-26-21(29)25-13-16(8-9-18(25)24-26)20(28)23-11-15-5-2-1-3-6-15/h1-10,13H,11-12,14H2,(H,22,27)(H,23,28). The Morgan fingerprint density at radius 3 is 2.57 bits per heavy atom. The van der Waals surface area contributed by atoms with Gasteiger partial charge in [-0.3, -0.25) is 9.59 Å². The molecule has 3 heterocycles. The maximum atomic E-state index is 12.6. The van der Waals surface area contributed by atoms with Gasteiger partial charge in [-0.15, -0.1) is 16.4 Å². The lowest BCUT2D eigenvalue weighted by Gasteiger charge is -2.05. The molecule has 0 spiro atoms. The molecule has 30 heavy (non-hydrogen) atoms. The van der Waals surface area contributed by atoms with Gasteiger partial charge in [-0.05, 0) is 29.1 Å². The van der Waals surface area contributed by atoms with Crippen molar-refractivity contribution < 1.29 is 9.59 Å². The molecular weight excluding hydrogens is 402 g/mol. The maximum absolute atomic E-state index is 12.6. The Labute approximate surface area is 175 Å². The van der Waals surface area contributed by atoms with Crippen molar-refractivity contribution in [1.29, 1.82) is 0 Å². The van der Waals surface area contributed by atoms with E-state index in [0.717, 1.165) is 15.1 Å². The van der Waals surface area contributed by atoms with E-state index in [2.05, 4.69) is 15.7 Å². The molecule has 4 aromatic rings. The molecule has 0 radical (unpaired) electrons. The molecule has 8 nitrogen and oxygen atoms in total. The van der Waals surface area contributed by atoms with E-state index in [1.54, 1.807) is 23.5 Å². The summed E-state index contributed by atoms with van der Waals surface area (Å²) in [4.78, 5) is 38.2. The van der Waals surface area contributed by atoms with E-state index in [4.69, 9.17) is 0 Å². The molecule has 0 aliphatic rings. The first-order valence-corrected chi connectivity index (χ1v) is 10.2. The molecule has 152 valence electrons. The third-order valence-corrected chi connectivity index (χ3v) is 5.34. The van der Waals surface area contributed by atoms with Gasteiger partial charge in [0.15, 0.2) is 5.65 Å². The second-order valence-electron chi connectivity index (χ2n) is 6.61. The molecule has 4 rings (SSSR count). The third kappa shape index (κ3) is 4.47. The Morgan fingerprint density at radius 2 is 1.80 bits per heavy atom. The highest BCUT2D eigenvalue weighted by Gasteiger charge is 2.13. The van der Waals surface area contributed by atoms with Gasteiger partial charge in [0.2, 0.25) is 5.91 Å². The SMILES string of the molecule is O=C(Cn1nc2ccc(C(=O)NCc3ccccc3)cn2c1=O)NCc1cccs1. The third-order valence-electron chi connectivity index (χ3n) is 4.47. The van der Waals surface area contributed by atoms with Crippen LogP contribution in [0.15, 0.2) is 71.0 Å². The summed E-state index contributed by atoms with van der Waals surface area (Å²) in [5.74, 6) is -0.608. The molecule has 0 unspecified atom stereocenters. The van der Waals surface area contributed by atoms with Crippen LogP contribution in [0, 0.1) is 0 Å². The first kappa shape index (κ1) is 19.6. The highest BCUT2D eigenvalue weighted by atomic mass is 32.1. The number of nitrogens with one attached hydrogen (secondary N) is 2. The topological polar surface area (TPSA) is 97.5 Å². The van der Waals surface area contributed by atoms with Gasteiger partial charge in [-0.2, -0.15) is 0 Å². The van der Waals surface area contributed by atoms with Crippen molar-refractivity contribution in [3.05, 3.63) is 92.7 Å². The Bertz CT molecular complexity index is 1230. The number of carbonyl (C=O) groups is 2. The van der Waals surface area contributed by atoms with Crippen molar-refractivity contribution in [2.45, 2.75) is 19.6 Å². The highest BCUT2D eigenvalue weighted by Crippen LogP contribution is 2.07. The number of rotatable bonds is 7. The van der Waals surface area contributed by atoms with E-state index in [0.29, 0.717) is 24.3 Å². The number of fused-ring (bicyclic) bond motifs is 1. The molecule has 0 bridgehead atoms. The van der Waals surface area contributed by atoms with Crippen LogP contribution in [0.1, 0.15) is 20.8 Å². The second-order valence-corrected chi connectivity index (χ2v) is 7.64. The highest BCUT2D eigenvalue weighted by molar-refractivity contribution is 7.09. The summed E-state index contributed by atoms with van der Waals surface area (Å²) in [7, 11) is 0. The van der Waals surface area contributed by atoms with Gasteiger partial charge < -0.3 is 10.6 Å². The predicted molar refractivity (Wildman–Crippen MR) is 113 cm³/mol. The monoisotopic (exact) mass is 421 g/mol. The van der Waals surface area contributed by atoms with E-state index in [1.165, 1.54) is 10.6 Å². The minimum Gasteiger partial charge on any atom is -0.350 e. The molecule has 2 N–H and O–H groups in total. The van der Waals surface area contributed by atoms with Gasteiger partial charge in [-0.1, -0.05) is 36.4 Å². The van der Waals surface area contributed by atoms with Crippen LogP contribution in [0.5, 0.6) is 0 Å². The first-order chi connectivity index (χ1) is 14.6. The quantitative estimate of drug-likeness (QED) is 0.476. The second kappa shape index (κ2) is 8.75. The van der Waals surface area contributed by atoms with Gasteiger partial charge >= 0.3 is 5.69 Å². The molecule has 1 aromatic carbocycles. The molecule has 0 saturated carbocycles. The fourth-order valence-corrected chi connectivity index (χ4v) is 3.57. The van der Waals surface area contributed by atoms with E-state index < -0.39 is 5.69 Å². The van der Waals surface area contributed by atoms with Gasteiger partial charge in [0, 0.05) is 17.6 Å². The summed E-state index contributed by atoms with van der Waals surface area (Å²) in [6.45, 7) is 0.599. The zero-order chi connectivity index (χ0) is 20.9. The van der Waals surface area contributed by atoms with Gasteiger partial charge in [0.1, 0.15) is 6.54 Å². The lowest BCUT2D eigenvalue weighted by Crippen LogP contribution is -2.32. The lowest BCUT2D eigenvalue weighted by molar-refractivity contribution is -0.122. The fraction of sp³-hybridized carbons (Fsp3) is 0.143. The minimum atomic E-state index is -0.478. The Balaban J connectivity index is 1.44. The van der Waals surface area contributed by atoms with E-state index in [-0.39, 0.29) is 18.4 Å². The zero-order valence-electron chi connectivity index (χ0n) is 15.9. The molecule has 9 heteroatoms. The van der Waals surface area contributed by atoms with Crippen LogP contribution in [0.4, 0.5) is 0 Å². The van der Waals surface area contributed by atoms with Gasteiger partial charge in [0.05, 0.1) is 12.1 Å². The number of carbonyl (C=O) groups excluding carboxylic acids is 2. The summed E-state index contributed by atoms with van der Waals surface area (Å²) >= 11 is 1.54. The smallest absolute Gasteiger partial charge is 0.350 e. The normalized spacial score (nSPS) is 10.8. The summed E-state index contributed by atoms with van der Waals surface area (Å²) in [5.41, 5.74) is 1.20. The summed E-state index contributed by atoms with van der Waals surface area (Å²) in [6.07, 6.45) is 1.44. The van der Waals surface area contributed by atoms with Crippen LogP contribution in [0.3, 0.4) is 0 Å².